The van der Waals surface area contributed by atoms with Crippen LogP contribution in [0.2, 0.25) is 0 Å². The number of carbonyl (C=O) groups excluding carboxylic acids is 2. The third kappa shape index (κ3) is 4.04. The van der Waals surface area contributed by atoms with Gasteiger partial charge in [-0.25, -0.2) is 0 Å². The van der Waals surface area contributed by atoms with E-state index < -0.39 is 0 Å². The van der Waals surface area contributed by atoms with Crippen LogP contribution in [0.15, 0.2) is 42.5 Å². The number of nitrogens with zero attached hydrogens (tertiary/aromatic N) is 2. The Labute approximate surface area is 182 Å². The third-order valence-electron chi connectivity index (χ3n) is 6.19. The predicted molar refractivity (Wildman–Crippen MR) is 117 cm³/mol. The Bertz CT molecular complexity index is 959. The van der Waals surface area contributed by atoms with Crippen LogP contribution < -0.4 is 19.1 Å². The zero-order valence-electron chi connectivity index (χ0n) is 18.2. The molecule has 2 aromatic carbocycles. The van der Waals surface area contributed by atoms with Crippen molar-refractivity contribution in [3.8, 4) is 17.2 Å². The van der Waals surface area contributed by atoms with Crippen LogP contribution in [0.4, 0.5) is 5.69 Å². The summed E-state index contributed by atoms with van der Waals surface area (Å²) in [4.78, 5) is 29.7. The summed E-state index contributed by atoms with van der Waals surface area (Å²) in [5, 5.41) is 0. The summed E-state index contributed by atoms with van der Waals surface area (Å²) in [6, 6.07) is 12.9. The monoisotopic (exact) mass is 424 g/mol. The van der Waals surface area contributed by atoms with E-state index in [-0.39, 0.29) is 30.2 Å². The highest BCUT2D eigenvalue weighted by Crippen LogP contribution is 2.40. The van der Waals surface area contributed by atoms with Crippen LogP contribution in [0.3, 0.4) is 0 Å². The Hall–Kier alpha value is -3.22. The lowest BCUT2D eigenvalue weighted by Crippen LogP contribution is -2.37. The van der Waals surface area contributed by atoms with E-state index in [2.05, 4.69) is 0 Å². The van der Waals surface area contributed by atoms with E-state index in [0.717, 1.165) is 41.3 Å². The SMILES string of the molecule is COc1ccc(N2C[C@H](C(=O)N3CCC[C@H]3c3cc(OC)ccc3OC)CC2=O)cc1. The van der Waals surface area contributed by atoms with Gasteiger partial charge in [0.1, 0.15) is 17.2 Å². The maximum atomic E-state index is 13.5. The quantitative estimate of drug-likeness (QED) is 0.711. The van der Waals surface area contributed by atoms with Crippen molar-refractivity contribution in [3.05, 3.63) is 48.0 Å². The molecule has 2 fully saturated rings. The van der Waals surface area contributed by atoms with Crippen molar-refractivity contribution in [3.63, 3.8) is 0 Å². The zero-order valence-corrected chi connectivity index (χ0v) is 18.2. The van der Waals surface area contributed by atoms with Gasteiger partial charge in [-0.3, -0.25) is 9.59 Å². The molecule has 2 aliphatic heterocycles. The summed E-state index contributed by atoms with van der Waals surface area (Å²) in [7, 11) is 4.87. The maximum Gasteiger partial charge on any atom is 0.228 e. The Morgan fingerprint density at radius 3 is 2.35 bits per heavy atom. The number of benzene rings is 2. The average molecular weight is 424 g/mol. The minimum Gasteiger partial charge on any atom is -0.497 e. The second-order valence-corrected chi connectivity index (χ2v) is 7.90. The van der Waals surface area contributed by atoms with E-state index in [1.54, 1.807) is 26.2 Å². The molecule has 4 rings (SSSR count). The van der Waals surface area contributed by atoms with Gasteiger partial charge < -0.3 is 24.0 Å². The van der Waals surface area contributed by atoms with Crippen LogP contribution in [0, 0.1) is 5.92 Å². The van der Waals surface area contributed by atoms with Crippen LogP contribution in [-0.2, 0) is 9.59 Å². The minimum absolute atomic E-state index is 0.0248. The lowest BCUT2D eigenvalue weighted by Gasteiger charge is -2.29. The molecule has 2 atom stereocenters. The summed E-state index contributed by atoms with van der Waals surface area (Å²) >= 11 is 0. The van der Waals surface area contributed by atoms with Gasteiger partial charge in [-0.15, -0.1) is 0 Å². The summed E-state index contributed by atoms with van der Waals surface area (Å²) < 4.78 is 16.1. The van der Waals surface area contributed by atoms with E-state index in [9.17, 15) is 9.59 Å². The molecule has 31 heavy (non-hydrogen) atoms. The summed E-state index contributed by atoms with van der Waals surface area (Å²) in [6.45, 7) is 1.07. The van der Waals surface area contributed by atoms with Gasteiger partial charge in [0.2, 0.25) is 11.8 Å². The Morgan fingerprint density at radius 2 is 1.68 bits per heavy atom. The van der Waals surface area contributed by atoms with E-state index in [4.69, 9.17) is 14.2 Å². The van der Waals surface area contributed by atoms with Crippen molar-refractivity contribution in [2.24, 2.45) is 5.92 Å². The zero-order chi connectivity index (χ0) is 22.0. The third-order valence-corrected chi connectivity index (χ3v) is 6.19. The molecule has 0 N–H and O–H groups in total. The van der Waals surface area contributed by atoms with Gasteiger partial charge in [0.15, 0.2) is 0 Å². The van der Waals surface area contributed by atoms with Crippen LogP contribution in [-0.4, -0.2) is 51.1 Å². The highest BCUT2D eigenvalue weighted by atomic mass is 16.5. The number of amides is 2. The normalized spacial score (nSPS) is 20.8. The largest absolute Gasteiger partial charge is 0.497 e. The molecule has 0 unspecified atom stereocenters. The second kappa shape index (κ2) is 8.88. The highest BCUT2D eigenvalue weighted by molar-refractivity contribution is 6.00. The standard InChI is InChI=1S/C24H28N2O5/c1-29-18-8-6-17(7-9-18)26-15-16(13-23(26)27)24(28)25-12-4-5-21(25)20-14-19(30-2)10-11-22(20)31-3/h6-11,14,16,21H,4-5,12-13,15H2,1-3H3/t16-,21+/m1/s1. The van der Waals surface area contributed by atoms with E-state index in [0.29, 0.717) is 13.1 Å². The molecule has 0 radical (unpaired) electrons. The topological polar surface area (TPSA) is 68.3 Å². The van der Waals surface area contributed by atoms with Crippen molar-refractivity contribution in [1.29, 1.82) is 0 Å². The first kappa shape index (κ1) is 21.0. The fourth-order valence-electron chi connectivity index (χ4n) is 4.57. The van der Waals surface area contributed by atoms with Gasteiger partial charge >= 0.3 is 0 Å². The molecule has 2 aliphatic rings. The summed E-state index contributed by atoms with van der Waals surface area (Å²) in [6.07, 6.45) is 2.00. The van der Waals surface area contributed by atoms with Gasteiger partial charge in [0.25, 0.3) is 0 Å². The van der Waals surface area contributed by atoms with Crippen LogP contribution >= 0.6 is 0 Å². The number of rotatable bonds is 6. The summed E-state index contributed by atoms with van der Waals surface area (Å²) in [5.41, 5.74) is 1.73. The Balaban J connectivity index is 1.53. The smallest absolute Gasteiger partial charge is 0.228 e. The Morgan fingerprint density at radius 1 is 0.968 bits per heavy atom. The second-order valence-electron chi connectivity index (χ2n) is 7.90. The number of methoxy groups -OCH3 is 3. The number of likely N-dealkylation sites (tertiary alicyclic amines) is 1. The van der Waals surface area contributed by atoms with Gasteiger partial charge in [-0.05, 0) is 55.3 Å². The molecular weight excluding hydrogens is 396 g/mol. The molecule has 0 spiro atoms. The molecular formula is C24H28N2O5. The molecule has 0 aromatic heterocycles. The molecule has 164 valence electrons. The number of carbonyl (C=O) groups is 2. The highest BCUT2D eigenvalue weighted by Gasteiger charge is 2.41. The molecule has 0 bridgehead atoms. The first-order chi connectivity index (χ1) is 15.0. The van der Waals surface area contributed by atoms with Gasteiger partial charge in [0.05, 0.1) is 33.3 Å². The molecule has 2 saturated heterocycles. The summed E-state index contributed by atoms with van der Waals surface area (Å²) in [5.74, 6) is 1.85. The lowest BCUT2D eigenvalue weighted by molar-refractivity contribution is -0.136. The van der Waals surface area contributed by atoms with E-state index in [1.807, 2.05) is 47.4 Å². The van der Waals surface area contributed by atoms with Crippen molar-refractivity contribution < 1.29 is 23.8 Å². The van der Waals surface area contributed by atoms with E-state index >= 15 is 0 Å². The molecule has 7 heteroatoms. The van der Waals surface area contributed by atoms with E-state index in [1.165, 1.54) is 0 Å². The number of anilines is 1. The van der Waals surface area contributed by atoms with Crippen LogP contribution in [0.1, 0.15) is 30.9 Å². The minimum atomic E-state index is -0.355. The first-order valence-electron chi connectivity index (χ1n) is 10.5. The van der Waals surface area contributed by atoms with Crippen LogP contribution in [0.25, 0.3) is 0 Å². The predicted octanol–water partition coefficient (Wildman–Crippen LogP) is 3.43. The van der Waals surface area contributed by atoms with Crippen LogP contribution in [0.5, 0.6) is 17.2 Å². The van der Waals surface area contributed by atoms with Gasteiger partial charge in [-0.1, -0.05) is 0 Å². The van der Waals surface area contributed by atoms with Gasteiger partial charge in [-0.2, -0.15) is 0 Å². The molecule has 2 amide bonds. The molecule has 0 aliphatic carbocycles. The van der Waals surface area contributed by atoms with Crippen molar-refractivity contribution in [1.82, 2.24) is 4.90 Å². The van der Waals surface area contributed by atoms with Crippen molar-refractivity contribution >= 4 is 17.5 Å². The number of hydrogen-bond acceptors (Lipinski definition) is 5. The van der Waals surface area contributed by atoms with Gasteiger partial charge in [0, 0.05) is 30.8 Å². The first-order valence-corrected chi connectivity index (χ1v) is 10.5. The fourth-order valence-corrected chi connectivity index (χ4v) is 4.57. The van der Waals surface area contributed by atoms with Crippen molar-refractivity contribution in [2.75, 3.05) is 39.3 Å². The lowest BCUT2D eigenvalue weighted by atomic mass is 10.0. The average Bonchev–Trinajstić information content (AvgIpc) is 3.45. The molecule has 7 nitrogen and oxygen atoms in total. The number of hydrogen-bond donors (Lipinski definition) is 0. The fraction of sp³-hybridized carbons (Fsp3) is 0.417. The maximum absolute atomic E-state index is 13.5. The molecule has 0 saturated carbocycles. The number of ether oxygens (including phenoxy) is 3. The van der Waals surface area contributed by atoms with Crippen molar-refractivity contribution in [2.45, 2.75) is 25.3 Å². The molecule has 2 heterocycles. The molecule has 2 aromatic rings. The Kier molecular flexibility index (Phi) is 6.02.